The predicted molar refractivity (Wildman–Crippen MR) is 77.8 cm³/mol. The van der Waals surface area contributed by atoms with Crippen LogP contribution in [0, 0.1) is 0 Å². The average molecular weight is 242 g/mol. The highest BCUT2D eigenvalue weighted by Gasteiger charge is 2.08. The number of hydrogen-bond acceptors (Lipinski definition) is 2. The van der Waals surface area contributed by atoms with Crippen molar-refractivity contribution in [2.24, 2.45) is 0 Å². The average Bonchev–Trinajstić information content (AvgIpc) is 2.43. The van der Waals surface area contributed by atoms with Crippen molar-refractivity contribution in [3.63, 3.8) is 0 Å². The fraction of sp³-hybridized carbons (Fsp3) is 0.438. The van der Waals surface area contributed by atoms with Gasteiger partial charge in [-0.05, 0) is 43.5 Å². The molecule has 1 atom stereocenters. The van der Waals surface area contributed by atoms with Crippen LogP contribution in [0.2, 0.25) is 0 Å². The second-order valence-corrected chi connectivity index (χ2v) is 4.75. The van der Waals surface area contributed by atoms with E-state index in [2.05, 4.69) is 48.4 Å². The van der Waals surface area contributed by atoms with Crippen LogP contribution >= 0.6 is 0 Å². The molecule has 0 bridgehead atoms. The molecular formula is C16H22N2. The Morgan fingerprint density at radius 1 is 1.17 bits per heavy atom. The van der Waals surface area contributed by atoms with Gasteiger partial charge in [0.1, 0.15) is 0 Å². The number of para-hydroxylation sites is 1. The Morgan fingerprint density at radius 2 is 2.00 bits per heavy atom. The quantitative estimate of drug-likeness (QED) is 0.838. The normalized spacial score (nSPS) is 12.8. The maximum atomic E-state index is 4.42. The fourth-order valence-corrected chi connectivity index (χ4v) is 2.31. The molecule has 0 aliphatic rings. The van der Waals surface area contributed by atoms with E-state index >= 15 is 0 Å². The van der Waals surface area contributed by atoms with Crippen molar-refractivity contribution < 1.29 is 0 Å². The van der Waals surface area contributed by atoms with E-state index in [-0.39, 0.29) is 0 Å². The summed E-state index contributed by atoms with van der Waals surface area (Å²) in [7, 11) is 0. The lowest BCUT2D eigenvalue weighted by molar-refractivity contribution is 0.496. The number of nitrogens with zero attached hydrogens (tertiary/aromatic N) is 1. The van der Waals surface area contributed by atoms with Gasteiger partial charge in [0.25, 0.3) is 0 Å². The Labute approximate surface area is 109 Å². The molecule has 0 aliphatic heterocycles. The lowest BCUT2D eigenvalue weighted by Gasteiger charge is -2.17. The number of nitrogens with one attached hydrogen (secondary N) is 1. The van der Waals surface area contributed by atoms with Gasteiger partial charge in [-0.2, -0.15) is 0 Å². The summed E-state index contributed by atoms with van der Waals surface area (Å²) in [5, 5.41) is 4.90. The molecule has 2 aromatic rings. The molecule has 1 heterocycles. The number of hydrogen-bond donors (Lipinski definition) is 1. The molecule has 0 saturated heterocycles. The minimum absolute atomic E-state index is 0.566. The standard InChI is InChI=1S/C16H22N2/c1-3-10-17-14(4-2)12-13-9-11-18-16-8-6-5-7-15(13)16/h5-9,11,14,17H,3-4,10,12H2,1-2H3. The van der Waals surface area contributed by atoms with Gasteiger partial charge in [0, 0.05) is 17.6 Å². The summed E-state index contributed by atoms with van der Waals surface area (Å²) in [6.45, 7) is 5.56. The van der Waals surface area contributed by atoms with Crippen LogP contribution in [0.4, 0.5) is 0 Å². The second kappa shape index (κ2) is 6.50. The number of fused-ring (bicyclic) bond motifs is 1. The van der Waals surface area contributed by atoms with Crippen molar-refractivity contribution >= 4 is 10.9 Å². The smallest absolute Gasteiger partial charge is 0.0704 e. The highest BCUT2D eigenvalue weighted by Crippen LogP contribution is 2.18. The molecule has 1 N–H and O–H groups in total. The Kier molecular flexibility index (Phi) is 4.71. The van der Waals surface area contributed by atoms with E-state index in [1.807, 2.05) is 12.3 Å². The molecule has 0 spiro atoms. The van der Waals surface area contributed by atoms with Gasteiger partial charge >= 0.3 is 0 Å². The van der Waals surface area contributed by atoms with Crippen LogP contribution in [0.3, 0.4) is 0 Å². The van der Waals surface area contributed by atoms with E-state index in [1.54, 1.807) is 0 Å². The van der Waals surface area contributed by atoms with Gasteiger partial charge in [0.05, 0.1) is 5.52 Å². The Hall–Kier alpha value is -1.41. The van der Waals surface area contributed by atoms with Crippen molar-refractivity contribution in [3.05, 3.63) is 42.1 Å². The molecule has 18 heavy (non-hydrogen) atoms. The van der Waals surface area contributed by atoms with Crippen molar-refractivity contribution in [1.82, 2.24) is 10.3 Å². The van der Waals surface area contributed by atoms with Gasteiger partial charge in [-0.25, -0.2) is 0 Å². The molecule has 96 valence electrons. The second-order valence-electron chi connectivity index (χ2n) is 4.75. The van der Waals surface area contributed by atoms with E-state index in [9.17, 15) is 0 Å². The monoisotopic (exact) mass is 242 g/mol. The summed E-state index contributed by atoms with van der Waals surface area (Å²) in [5.74, 6) is 0. The largest absolute Gasteiger partial charge is 0.314 e. The van der Waals surface area contributed by atoms with E-state index in [1.165, 1.54) is 17.4 Å². The van der Waals surface area contributed by atoms with Gasteiger partial charge in [-0.1, -0.05) is 32.0 Å². The molecule has 1 aromatic carbocycles. The molecule has 0 amide bonds. The molecule has 1 aromatic heterocycles. The van der Waals surface area contributed by atoms with Crippen LogP contribution in [0.25, 0.3) is 10.9 Å². The summed E-state index contributed by atoms with van der Waals surface area (Å²) in [6.07, 6.45) is 5.36. The molecule has 2 rings (SSSR count). The Morgan fingerprint density at radius 3 is 2.78 bits per heavy atom. The lowest BCUT2D eigenvalue weighted by atomic mass is 10.0. The molecule has 2 nitrogen and oxygen atoms in total. The molecule has 1 unspecified atom stereocenters. The van der Waals surface area contributed by atoms with Crippen molar-refractivity contribution in [3.8, 4) is 0 Å². The predicted octanol–water partition coefficient (Wildman–Crippen LogP) is 3.56. The van der Waals surface area contributed by atoms with E-state index in [0.717, 1.165) is 24.9 Å². The lowest BCUT2D eigenvalue weighted by Crippen LogP contribution is -2.31. The third-order valence-corrected chi connectivity index (χ3v) is 3.38. The first-order valence-corrected chi connectivity index (χ1v) is 6.91. The zero-order chi connectivity index (χ0) is 12.8. The third-order valence-electron chi connectivity index (χ3n) is 3.38. The SMILES string of the molecule is CCCNC(CC)Cc1ccnc2ccccc12. The van der Waals surface area contributed by atoms with Crippen LogP contribution in [-0.4, -0.2) is 17.6 Å². The van der Waals surface area contributed by atoms with Gasteiger partial charge in [0.15, 0.2) is 0 Å². The first kappa shape index (κ1) is 13.0. The van der Waals surface area contributed by atoms with Crippen molar-refractivity contribution in [2.75, 3.05) is 6.54 Å². The van der Waals surface area contributed by atoms with Crippen LogP contribution < -0.4 is 5.32 Å². The van der Waals surface area contributed by atoms with E-state index in [4.69, 9.17) is 0 Å². The maximum Gasteiger partial charge on any atom is 0.0704 e. The van der Waals surface area contributed by atoms with Gasteiger partial charge in [-0.15, -0.1) is 0 Å². The van der Waals surface area contributed by atoms with Crippen LogP contribution in [0.1, 0.15) is 32.3 Å². The topological polar surface area (TPSA) is 24.9 Å². The zero-order valence-corrected chi connectivity index (χ0v) is 11.3. The van der Waals surface area contributed by atoms with E-state index < -0.39 is 0 Å². The van der Waals surface area contributed by atoms with Gasteiger partial charge in [-0.3, -0.25) is 4.98 Å². The minimum atomic E-state index is 0.566. The first-order chi connectivity index (χ1) is 8.85. The van der Waals surface area contributed by atoms with Crippen LogP contribution in [-0.2, 0) is 6.42 Å². The summed E-state index contributed by atoms with van der Waals surface area (Å²) in [5.41, 5.74) is 2.50. The molecule has 0 radical (unpaired) electrons. The van der Waals surface area contributed by atoms with Crippen molar-refractivity contribution in [1.29, 1.82) is 0 Å². The van der Waals surface area contributed by atoms with Crippen LogP contribution in [0.5, 0.6) is 0 Å². The highest BCUT2D eigenvalue weighted by molar-refractivity contribution is 5.81. The van der Waals surface area contributed by atoms with Crippen molar-refractivity contribution in [2.45, 2.75) is 39.2 Å². The Bertz CT molecular complexity index is 488. The molecular weight excluding hydrogens is 220 g/mol. The highest BCUT2D eigenvalue weighted by atomic mass is 14.9. The minimum Gasteiger partial charge on any atom is -0.314 e. The van der Waals surface area contributed by atoms with Gasteiger partial charge in [0.2, 0.25) is 0 Å². The number of pyridine rings is 1. The van der Waals surface area contributed by atoms with E-state index in [0.29, 0.717) is 6.04 Å². The zero-order valence-electron chi connectivity index (χ0n) is 11.3. The van der Waals surface area contributed by atoms with Gasteiger partial charge < -0.3 is 5.32 Å². The molecule has 2 heteroatoms. The molecule has 0 saturated carbocycles. The van der Waals surface area contributed by atoms with Crippen LogP contribution in [0.15, 0.2) is 36.5 Å². The number of benzene rings is 1. The number of rotatable bonds is 6. The number of aromatic nitrogens is 1. The first-order valence-electron chi connectivity index (χ1n) is 6.91. The fourth-order valence-electron chi connectivity index (χ4n) is 2.31. The molecule has 0 aliphatic carbocycles. The summed E-state index contributed by atoms with van der Waals surface area (Å²) < 4.78 is 0. The molecule has 0 fully saturated rings. The Balaban J connectivity index is 2.19. The third kappa shape index (κ3) is 3.08. The summed E-state index contributed by atoms with van der Waals surface area (Å²) >= 11 is 0. The maximum absolute atomic E-state index is 4.42. The summed E-state index contributed by atoms with van der Waals surface area (Å²) in [4.78, 5) is 4.42. The summed E-state index contributed by atoms with van der Waals surface area (Å²) in [6, 6.07) is 11.1.